The second-order valence-corrected chi connectivity index (χ2v) is 13.9. The van der Waals surface area contributed by atoms with Gasteiger partial charge in [-0.25, -0.2) is 15.0 Å². The van der Waals surface area contributed by atoms with Gasteiger partial charge in [-0.15, -0.1) is 0 Å². The summed E-state index contributed by atoms with van der Waals surface area (Å²) < 4.78 is 0. The maximum absolute atomic E-state index is 13.2. The Hall–Kier alpha value is -6.16. The minimum Gasteiger partial charge on any atom is -0.396 e. The molecule has 0 spiro atoms. The van der Waals surface area contributed by atoms with E-state index < -0.39 is 0 Å². The zero-order chi connectivity index (χ0) is 38.6. The Labute approximate surface area is 325 Å². The Bertz CT molecular complexity index is 2190. The lowest BCUT2D eigenvalue weighted by atomic mass is 10.00. The Balaban J connectivity index is 0.000000187. The maximum atomic E-state index is 13.2. The van der Waals surface area contributed by atoms with Crippen LogP contribution >= 0.6 is 0 Å². The number of rotatable bonds is 13. The molecule has 0 aliphatic carbocycles. The minimum absolute atomic E-state index is 0.0108. The molecule has 0 saturated heterocycles. The highest BCUT2D eigenvalue weighted by molar-refractivity contribution is 6.18. The largest absolute Gasteiger partial charge is 0.396 e. The summed E-state index contributed by atoms with van der Waals surface area (Å²) in [5, 5.41) is 0. The first-order chi connectivity index (χ1) is 26.8. The summed E-state index contributed by atoms with van der Waals surface area (Å²) in [5.74, 6) is 1.59. The number of nitrogens with two attached hydrogens (primary N) is 1. The summed E-state index contributed by atoms with van der Waals surface area (Å²) in [6, 6.07) is 43.5. The molecular weight excluding hydrogens is 681 g/mol. The van der Waals surface area contributed by atoms with Crippen LogP contribution in [0.25, 0.3) is 0 Å². The van der Waals surface area contributed by atoms with Crippen LogP contribution in [-0.4, -0.2) is 85.6 Å². The van der Waals surface area contributed by atoms with Crippen LogP contribution in [0.15, 0.2) is 151 Å². The fraction of sp³-hybridized carbons (Fsp3) is 0.217. The summed E-state index contributed by atoms with van der Waals surface area (Å²) in [6.45, 7) is 3.57. The van der Waals surface area contributed by atoms with Crippen molar-refractivity contribution in [3.8, 4) is 0 Å². The maximum Gasteiger partial charge on any atom is 0.195 e. The number of para-hydroxylation sites is 2. The highest BCUT2D eigenvalue weighted by atomic mass is 16.1. The second kappa shape index (κ2) is 18.7. The standard InChI is InChI=1S/C23H26N4O.C23H24N4/c1-26(2)16-9-17-27(23-20(24)13-8-15-25-23)21-14-7-6-12-19(21)22(28)18-10-4-3-5-11-18;1-26(2)16-9-17-27-21-14-7-6-12-19(21)22(18-10-4-3-5-11-18)25-20-13-8-15-24-23(20)27/h3-8,10-15H,9,16-17,24H2,1-2H3;3-8,10-15H,9,16-17H2,1-2H3. The van der Waals surface area contributed by atoms with Crippen molar-refractivity contribution in [2.45, 2.75) is 12.8 Å². The van der Waals surface area contributed by atoms with Crippen LogP contribution in [0.1, 0.15) is 39.9 Å². The molecule has 2 aromatic heterocycles. The Morgan fingerprint density at radius 1 is 0.655 bits per heavy atom. The van der Waals surface area contributed by atoms with Gasteiger partial charge in [-0.1, -0.05) is 91.0 Å². The molecule has 0 atom stereocenters. The second-order valence-electron chi connectivity index (χ2n) is 13.9. The number of nitrogens with zero attached hydrogens (tertiary/aromatic N) is 7. The van der Waals surface area contributed by atoms with Gasteiger partial charge in [0.05, 0.1) is 22.8 Å². The highest BCUT2D eigenvalue weighted by Crippen LogP contribution is 2.39. The Morgan fingerprint density at radius 3 is 2.04 bits per heavy atom. The summed E-state index contributed by atoms with van der Waals surface area (Å²) >= 11 is 0. The molecule has 0 radical (unpaired) electrons. The molecule has 4 aromatic carbocycles. The van der Waals surface area contributed by atoms with Crippen molar-refractivity contribution in [2.75, 3.05) is 69.9 Å². The van der Waals surface area contributed by atoms with E-state index in [1.54, 1.807) is 6.20 Å². The van der Waals surface area contributed by atoms with Gasteiger partial charge in [-0.3, -0.25) is 4.79 Å². The van der Waals surface area contributed by atoms with Gasteiger partial charge in [0.15, 0.2) is 17.4 Å². The van der Waals surface area contributed by atoms with Crippen LogP contribution in [0.5, 0.6) is 0 Å². The molecule has 0 saturated carbocycles. The number of carbonyl (C=O) groups excluding carboxylic acids is 1. The normalized spacial score (nSPS) is 11.9. The molecule has 3 heterocycles. The highest BCUT2D eigenvalue weighted by Gasteiger charge is 2.25. The van der Waals surface area contributed by atoms with E-state index in [9.17, 15) is 4.79 Å². The molecule has 1 aliphatic heterocycles. The number of ketones is 1. The summed E-state index contributed by atoms with van der Waals surface area (Å²) in [4.78, 5) is 36.1. The first kappa shape index (κ1) is 38.6. The van der Waals surface area contributed by atoms with Crippen molar-refractivity contribution in [1.29, 1.82) is 0 Å². The van der Waals surface area contributed by atoms with Crippen molar-refractivity contribution in [2.24, 2.45) is 4.99 Å². The number of fused-ring (bicyclic) bond motifs is 2. The molecule has 7 rings (SSSR count). The van der Waals surface area contributed by atoms with Crippen molar-refractivity contribution < 1.29 is 4.79 Å². The van der Waals surface area contributed by atoms with Gasteiger partial charge in [-0.2, -0.15) is 0 Å². The molecule has 55 heavy (non-hydrogen) atoms. The number of nitrogen functional groups attached to an aromatic ring is 1. The number of aromatic nitrogens is 2. The lowest BCUT2D eigenvalue weighted by molar-refractivity contribution is 0.103. The third kappa shape index (κ3) is 9.69. The Morgan fingerprint density at radius 2 is 1.29 bits per heavy atom. The average molecular weight is 731 g/mol. The van der Waals surface area contributed by atoms with E-state index in [1.807, 2.05) is 99.2 Å². The average Bonchev–Trinajstić information content (AvgIpc) is 3.35. The van der Waals surface area contributed by atoms with E-state index in [4.69, 9.17) is 15.7 Å². The number of pyridine rings is 2. The number of carbonyl (C=O) groups is 1. The SMILES string of the molecule is CN(C)CCCN(c1ccccc1C(=O)c1ccccc1)c1ncccc1N.CN(C)CCCN1c2ccccc2C(c2ccccc2)=Nc2cccnc21. The fourth-order valence-electron chi connectivity index (χ4n) is 6.64. The number of benzene rings is 4. The van der Waals surface area contributed by atoms with Gasteiger partial charge in [0.25, 0.3) is 0 Å². The van der Waals surface area contributed by atoms with Crippen LogP contribution < -0.4 is 15.5 Å². The van der Waals surface area contributed by atoms with Gasteiger partial charge < -0.3 is 25.3 Å². The number of aliphatic imine (C=N–C) groups is 1. The lowest BCUT2D eigenvalue weighted by Crippen LogP contribution is -2.26. The van der Waals surface area contributed by atoms with E-state index in [-0.39, 0.29) is 5.78 Å². The number of hydrogen-bond donors (Lipinski definition) is 1. The molecule has 0 fully saturated rings. The van der Waals surface area contributed by atoms with Crippen LogP contribution in [0.2, 0.25) is 0 Å². The smallest absolute Gasteiger partial charge is 0.195 e. The van der Waals surface area contributed by atoms with E-state index in [1.165, 1.54) is 0 Å². The van der Waals surface area contributed by atoms with Crippen molar-refractivity contribution >= 4 is 45.9 Å². The topological polar surface area (TPSA) is 94.2 Å². The van der Waals surface area contributed by atoms with Gasteiger partial charge >= 0.3 is 0 Å². The number of anilines is 5. The molecule has 2 N–H and O–H groups in total. The predicted octanol–water partition coefficient (Wildman–Crippen LogP) is 8.64. The molecule has 0 amide bonds. The van der Waals surface area contributed by atoms with Crippen LogP contribution in [-0.2, 0) is 0 Å². The summed E-state index contributed by atoms with van der Waals surface area (Å²) in [6.07, 6.45) is 5.55. The minimum atomic E-state index is -0.0108. The molecule has 1 aliphatic rings. The number of hydrogen-bond acceptors (Lipinski definition) is 9. The van der Waals surface area contributed by atoms with Gasteiger partial charge in [-0.05, 0) is 96.6 Å². The molecule has 0 unspecified atom stereocenters. The molecular formula is C46H50N8O. The quantitative estimate of drug-likeness (QED) is 0.118. The van der Waals surface area contributed by atoms with Gasteiger partial charge in [0.1, 0.15) is 5.69 Å². The summed E-state index contributed by atoms with van der Waals surface area (Å²) in [7, 11) is 8.32. The van der Waals surface area contributed by atoms with E-state index in [0.29, 0.717) is 29.2 Å². The van der Waals surface area contributed by atoms with Gasteiger partial charge in [0.2, 0.25) is 0 Å². The monoisotopic (exact) mass is 730 g/mol. The Kier molecular flexibility index (Phi) is 13.1. The van der Waals surface area contributed by atoms with Crippen molar-refractivity contribution in [1.82, 2.24) is 19.8 Å². The lowest BCUT2D eigenvalue weighted by Gasteiger charge is -2.27. The molecule has 0 bridgehead atoms. The first-order valence-corrected chi connectivity index (χ1v) is 18.7. The first-order valence-electron chi connectivity index (χ1n) is 18.7. The van der Waals surface area contributed by atoms with Crippen molar-refractivity contribution in [3.63, 3.8) is 0 Å². The summed E-state index contributed by atoms with van der Waals surface area (Å²) in [5.41, 5.74) is 14.3. The fourth-order valence-corrected chi connectivity index (χ4v) is 6.64. The third-order valence-electron chi connectivity index (χ3n) is 9.27. The van der Waals surface area contributed by atoms with Crippen LogP contribution in [0.3, 0.4) is 0 Å². The molecule has 9 nitrogen and oxygen atoms in total. The van der Waals surface area contributed by atoms with E-state index in [0.717, 1.165) is 72.2 Å². The van der Waals surface area contributed by atoms with Crippen LogP contribution in [0, 0.1) is 0 Å². The zero-order valence-electron chi connectivity index (χ0n) is 32.2. The zero-order valence-corrected chi connectivity index (χ0v) is 32.2. The van der Waals surface area contributed by atoms with Crippen LogP contribution in [0.4, 0.5) is 34.4 Å². The van der Waals surface area contributed by atoms with E-state index in [2.05, 4.69) is 93.3 Å². The predicted molar refractivity (Wildman–Crippen MR) is 228 cm³/mol. The third-order valence-corrected chi connectivity index (χ3v) is 9.27. The van der Waals surface area contributed by atoms with Gasteiger partial charge in [0, 0.05) is 47.7 Å². The van der Waals surface area contributed by atoms with E-state index >= 15 is 0 Å². The molecule has 280 valence electrons. The molecule has 9 heteroatoms. The van der Waals surface area contributed by atoms with Crippen molar-refractivity contribution in [3.05, 3.63) is 168 Å². The molecule has 6 aromatic rings.